The van der Waals surface area contributed by atoms with E-state index in [0.29, 0.717) is 17.7 Å². The van der Waals surface area contributed by atoms with E-state index in [0.717, 1.165) is 0 Å². The number of aryl methyl sites for hydroxylation is 1. The smallest absolute Gasteiger partial charge is 0.335 e. The fourth-order valence-corrected chi connectivity index (χ4v) is 1.79. The van der Waals surface area contributed by atoms with Gasteiger partial charge in [0, 0.05) is 11.3 Å². The van der Waals surface area contributed by atoms with Gasteiger partial charge in [-0.1, -0.05) is 19.1 Å². The Morgan fingerprint density at radius 3 is 2.21 bits per heavy atom. The van der Waals surface area contributed by atoms with E-state index >= 15 is 0 Å². The average Bonchev–Trinajstić information content (AvgIpc) is 2.79. The number of carbonyl (C=O) groups excluding carboxylic acids is 1. The van der Waals surface area contributed by atoms with Crippen molar-refractivity contribution in [3.8, 4) is 0 Å². The molecule has 0 aliphatic heterocycles. The normalized spacial score (nSPS) is 10.4. The first kappa shape index (κ1) is 12.8. The molecule has 0 fully saturated rings. The van der Waals surface area contributed by atoms with Gasteiger partial charge in [0.1, 0.15) is 5.69 Å². The Morgan fingerprint density at radius 2 is 1.68 bits per heavy atom. The van der Waals surface area contributed by atoms with Crippen LogP contribution < -0.4 is 5.69 Å². The van der Waals surface area contributed by atoms with Crippen LogP contribution in [0.25, 0.3) is 0 Å². The van der Waals surface area contributed by atoms with E-state index in [1.165, 1.54) is 24.3 Å². The minimum atomic E-state index is -1.05. The summed E-state index contributed by atoms with van der Waals surface area (Å²) in [5, 5.41) is 8.78. The van der Waals surface area contributed by atoms with Crippen LogP contribution in [0.5, 0.6) is 0 Å². The van der Waals surface area contributed by atoms with Crippen LogP contribution >= 0.6 is 0 Å². The number of ketones is 1. The highest BCUT2D eigenvalue weighted by molar-refractivity contribution is 6.08. The zero-order valence-corrected chi connectivity index (χ0v) is 10.2. The fourth-order valence-electron chi connectivity index (χ4n) is 1.79. The molecule has 1 aromatic heterocycles. The van der Waals surface area contributed by atoms with Crippen LogP contribution in [0.1, 0.15) is 39.0 Å². The van der Waals surface area contributed by atoms with Gasteiger partial charge in [-0.3, -0.25) is 4.79 Å². The van der Waals surface area contributed by atoms with Gasteiger partial charge in [0.15, 0.2) is 0 Å². The Morgan fingerprint density at radius 1 is 1.11 bits per heavy atom. The van der Waals surface area contributed by atoms with Crippen molar-refractivity contribution in [2.24, 2.45) is 0 Å². The first-order valence-electron chi connectivity index (χ1n) is 5.72. The van der Waals surface area contributed by atoms with Crippen molar-refractivity contribution in [2.75, 3.05) is 0 Å². The molecule has 0 aliphatic carbocycles. The zero-order chi connectivity index (χ0) is 14.0. The summed E-state index contributed by atoms with van der Waals surface area (Å²) in [5.41, 5.74) is 0.764. The van der Waals surface area contributed by atoms with Gasteiger partial charge in [-0.2, -0.15) is 0 Å². The number of benzene rings is 1. The second-order valence-corrected chi connectivity index (χ2v) is 4.00. The topological polar surface area (TPSA) is 103 Å². The molecule has 0 saturated carbocycles. The van der Waals surface area contributed by atoms with Crippen molar-refractivity contribution in [1.29, 1.82) is 0 Å². The molecule has 1 heterocycles. The van der Waals surface area contributed by atoms with Crippen molar-refractivity contribution in [2.45, 2.75) is 13.3 Å². The van der Waals surface area contributed by atoms with Crippen LogP contribution in [-0.4, -0.2) is 26.8 Å². The van der Waals surface area contributed by atoms with Crippen LogP contribution in [0.2, 0.25) is 0 Å². The molecule has 6 nitrogen and oxygen atoms in total. The number of imidazole rings is 1. The molecule has 2 aromatic rings. The van der Waals surface area contributed by atoms with Crippen LogP contribution in [0, 0.1) is 0 Å². The van der Waals surface area contributed by atoms with Gasteiger partial charge < -0.3 is 15.1 Å². The SMILES string of the molecule is CCc1[nH]c(=O)[nH]c1C(=O)c1ccc(C(=O)O)cc1. The molecule has 0 unspecified atom stereocenters. The van der Waals surface area contributed by atoms with Crippen molar-refractivity contribution < 1.29 is 14.7 Å². The molecule has 1 aromatic carbocycles. The largest absolute Gasteiger partial charge is 0.478 e. The lowest BCUT2D eigenvalue weighted by Crippen LogP contribution is -2.07. The minimum absolute atomic E-state index is 0.106. The van der Waals surface area contributed by atoms with Crippen LogP contribution in [0.15, 0.2) is 29.1 Å². The van der Waals surface area contributed by atoms with E-state index in [4.69, 9.17) is 5.11 Å². The predicted octanol–water partition coefficient (Wildman–Crippen LogP) is 1.19. The minimum Gasteiger partial charge on any atom is -0.478 e. The van der Waals surface area contributed by atoms with Crippen LogP contribution in [-0.2, 0) is 6.42 Å². The third-order valence-electron chi connectivity index (χ3n) is 2.78. The first-order chi connectivity index (χ1) is 9.02. The molecule has 19 heavy (non-hydrogen) atoms. The Hall–Kier alpha value is -2.63. The number of carbonyl (C=O) groups is 2. The molecule has 0 saturated heterocycles. The van der Waals surface area contributed by atoms with E-state index in [1.54, 1.807) is 0 Å². The molecule has 0 aliphatic rings. The van der Waals surface area contributed by atoms with Crippen LogP contribution in [0.3, 0.4) is 0 Å². The van der Waals surface area contributed by atoms with Crippen molar-refractivity contribution in [1.82, 2.24) is 9.97 Å². The van der Waals surface area contributed by atoms with Gasteiger partial charge in [0.2, 0.25) is 5.78 Å². The van der Waals surface area contributed by atoms with Gasteiger partial charge in [-0.05, 0) is 18.6 Å². The quantitative estimate of drug-likeness (QED) is 0.718. The van der Waals surface area contributed by atoms with Gasteiger partial charge in [0.05, 0.1) is 5.56 Å². The summed E-state index contributed by atoms with van der Waals surface area (Å²) in [5.74, 6) is -1.39. The highest BCUT2D eigenvalue weighted by atomic mass is 16.4. The number of aromatic carboxylic acids is 1. The molecule has 0 spiro atoms. The maximum Gasteiger partial charge on any atom is 0.335 e. The summed E-state index contributed by atoms with van der Waals surface area (Å²) in [6.45, 7) is 1.82. The Labute approximate surface area is 108 Å². The number of H-pyrrole nitrogens is 2. The number of rotatable bonds is 4. The summed E-state index contributed by atoms with van der Waals surface area (Å²) in [7, 11) is 0. The van der Waals surface area contributed by atoms with E-state index in [-0.39, 0.29) is 17.0 Å². The summed E-state index contributed by atoms with van der Waals surface area (Å²) in [6, 6.07) is 5.56. The lowest BCUT2D eigenvalue weighted by atomic mass is 10.0. The summed E-state index contributed by atoms with van der Waals surface area (Å²) < 4.78 is 0. The van der Waals surface area contributed by atoms with Crippen LogP contribution in [0.4, 0.5) is 0 Å². The number of hydrogen-bond acceptors (Lipinski definition) is 3. The second kappa shape index (κ2) is 4.93. The highest BCUT2D eigenvalue weighted by Gasteiger charge is 2.16. The predicted molar refractivity (Wildman–Crippen MR) is 67.6 cm³/mol. The van der Waals surface area contributed by atoms with Gasteiger partial charge in [-0.15, -0.1) is 0 Å². The van der Waals surface area contributed by atoms with Crippen molar-refractivity contribution in [3.63, 3.8) is 0 Å². The number of carboxylic acid groups (broad SMARTS) is 1. The van der Waals surface area contributed by atoms with Gasteiger partial charge in [-0.25, -0.2) is 9.59 Å². The fraction of sp³-hybridized carbons (Fsp3) is 0.154. The lowest BCUT2D eigenvalue weighted by Gasteiger charge is -2.01. The summed E-state index contributed by atoms with van der Waals surface area (Å²) in [4.78, 5) is 39.1. The maximum absolute atomic E-state index is 12.2. The first-order valence-corrected chi connectivity index (χ1v) is 5.72. The molecule has 0 bridgehead atoms. The molecule has 3 N–H and O–H groups in total. The molecule has 98 valence electrons. The summed E-state index contributed by atoms with van der Waals surface area (Å²) in [6.07, 6.45) is 0.521. The van der Waals surface area contributed by atoms with Crippen molar-refractivity contribution in [3.05, 3.63) is 57.3 Å². The molecule has 0 amide bonds. The zero-order valence-electron chi connectivity index (χ0n) is 10.2. The maximum atomic E-state index is 12.2. The molecular formula is C13H12N2O4. The average molecular weight is 260 g/mol. The monoisotopic (exact) mass is 260 g/mol. The van der Waals surface area contributed by atoms with E-state index in [2.05, 4.69) is 9.97 Å². The van der Waals surface area contributed by atoms with Crippen molar-refractivity contribution >= 4 is 11.8 Å². The number of aromatic nitrogens is 2. The van der Waals surface area contributed by atoms with E-state index < -0.39 is 11.7 Å². The number of carboxylic acids is 1. The molecule has 0 radical (unpaired) electrons. The van der Waals surface area contributed by atoms with E-state index in [1.807, 2.05) is 6.92 Å². The third kappa shape index (κ3) is 2.47. The number of hydrogen-bond donors (Lipinski definition) is 3. The summed E-state index contributed by atoms with van der Waals surface area (Å²) >= 11 is 0. The standard InChI is InChI=1S/C13H12N2O4/c1-2-9-10(15-13(19)14-9)11(16)7-3-5-8(6-4-7)12(17)18/h3-6H,2H2,1H3,(H,17,18)(H2,14,15,19). The molecule has 6 heteroatoms. The molecule has 0 atom stereocenters. The third-order valence-corrected chi connectivity index (χ3v) is 2.78. The number of nitrogens with one attached hydrogen (secondary N) is 2. The lowest BCUT2D eigenvalue weighted by molar-refractivity contribution is 0.0696. The van der Waals surface area contributed by atoms with Gasteiger partial charge >= 0.3 is 11.7 Å². The van der Waals surface area contributed by atoms with E-state index in [9.17, 15) is 14.4 Å². The second-order valence-electron chi connectivity index (χ2n) is 4.00. The number of aromatic amines is 2. The Kier molecular flexibility index (Phi) is 3.33. The Balaban J connectivity index is 2.38. The highest BCUT2D eigenvalue weighted by Crippen LogP contribution is 2.11. The molecular weight excluding hydrogens is 248 g/mol. The Bertz CT molecular complexity index is 679. The molecule has 2 rings (SSSR count). The van der Waals surface area contributed by atoms with Gasteiger partial charge in [0.25, 0.3) is 0 Å².